The van der Waals surface area contributed by atoms with Crippen molar-refractivity contribution in [3.05, 3.63) is 30.1 Å². The average Bonchev–Trinajstić information content (AvgIpc) is 3.42. The van der Waals surface area contributed by atoms with Crippen molar-refractivity contribution in [3.8, 4) is 0 Å². The number of thioether (sulfide) groups is 1. The number of ketones is 2. The number of esters is 3. The molecule has 0 aliphatic carbocycles. The Morgan fingerprint density at radius 3 is 2.30 bits per heavy atom. The maximum Gasteiger partial charge on any atom is 0.320 e. The Morgan fingerprint density at radius 2 is 1.71 bits per heavy atom. The van der Waals surface area contributed by atoms with Crippen LogP contribution >= 0.6 is 11.8 Å². The summed E-state index contributed by atoms with van der Waals surface area (Å²) in [6, 6.07) is 5.50. The van der Waals surface area contributed by atoms with Crippen molar-refractivity contribution in [1.29, 1.82) is 0 Å². The smallest absolute Gasteiger partial charge is 0.320 e. The lowest BCUT2D eigenvalue weighted by Gasteiger charge is -2.47. The average molecular weight is 805 g/mol. The van der Waals surface area contributed by atoms with E-state index in [9.17, 15) is 24.0 Å². The van der Waals surface area contributed by atoms with E-state index < -0.39 is 94.3 Å². The number of aromatic nitrogens is 1. The summed E-state index contributed by atoms with van der Waals surface area (Å²) in [5.74, 6) is -5.90. The second kappa shape index (κ2) is 19.2. The highest BCUT2D eigenvalue weighted by Crippen LogP contribution is 2.49. The molecule has 3 aliphatic rings. The van der Waals surface area contributed by atoms with E-state index in [-0.39, 0.29) is 30.8 Å². The van der Waals surface area contributed by atoms with Crippen LogP contribution in [0.2, 0.25) is 0 Å². The SMILES string of the molecule is CC[C@H]1OC(=O)[C@H](C)C(=O)[C@H](C)[C@@H](O[C@@H]2O[C@H](C)C[C@H](N(C)C)[C@H]2OC(C)=O)[C@](C)(OC)C[C@@H](C)C(=O)[C@H](C)[C@H]2[C@H](SCCCc3ccccn3)C(=O)O[C@@]21C. The quantitative estimate of drug-likeness (QED) is 0.124. The molecule has 1 aromatic rings. The van der Waals surface area contributed by atoms with E-state index in [4.69, 9.17) is 28.4 Å². The van der Waals surface area contributed by atoms with Crippen molar-refractivity contribution in [3.63, 3.8) is 0 Å². The van der Waals surface area contributed by atoms with Crippen LogP contribution in [0.15, 0.2) is 24.4 Å². The van der Waals surface area contributed by atoms with E-state index in [0.29, 0.717) is 12.2 Å². The second-order valence-corrected chi connectivity index (χ2v) is 17.9. The zero-order chi connectivity index (χ0) is 41.7. The van der Waals surface area contributed by atoms with Crippen LogP contribution in [-0.4, -0.2) is 120 Å². The molecule has 0 unspecified atom stereocenters. The van der Waals surface area contributed by atoms with Crippen LogP contribution in [-0.2, 0) is 58.8 Å². The van der Waals surface area contributed by atoms with Crippen LogP contribution in [0.1, 0.15) is 93.7 Å². The van der Waals surface area contributed by atoms with Gasteiger partial charge in [-0.3, -0.25) is 29.0 Å². The molecule has 3 aliphatic heterocycles. The fourth-order valence-corrected chi connectivity index (χ4v) is 10.5. The molecule has 13 nitrogen and oxygen atoms in total. The monoisotopic (exact) mass is 804 g/mol. The van der Waals surface area contributed by atoms with Crippen LogP contribution in [0.5, 0.6) is 0 Å². The van der Waals surface area contributed by atoms with Gasteiger partial charge in [-0.15, -0.1) is 11.8 Å². The van der Waals surface area contributed by atoms with Crippen LogP contribution in [0, 0.1) is 29.6 Å². The zero-order valence-electron chi connectivity index (χ0n) is 35.3. The van der Waals surface area contributed by atoms with Gasteiger partial charge in [0, 0.05) is 49.6 Å². The van der Waals surface area contributed by atoms with Gasteiger partial charge in [0.05, 0.1) is 23.9 Å². The number of fused-ring (bicyclic) bond motifs is 1. The Hall–Kier alpha value is -2.91. The molecule has 0 spiro atoms. The summed E-state index contributed by atoms with van der Waals surface area (Å²) < 4.78 is 37.4. The summed E-state index contributed by atoms with van der Waals surface area (Å²) in [7, 11) is 5.26. The van der Waals surface area contributed by atoms with Crippen molar-refractivity contribution in [2.24, 2.45) is 29.6 Å². The maximum atomic E-state index is 14.7. The largest absolute Gasteiger partial charge is 0.458 e. The number of carbonyl (C=O) groups is 5. The molecule has 56 heavy (non-hydrogen) atoms. The van der Waals surface area contributed by atoms with Crippen LogP contribution in [0.4, 0.5) is 0 Å². The highest BCUT2D eigenvalue weighted by Gasteiger charge is 2.61. The van der Waals surface area contributed by atoms with Gasteiger partial charge >= 0.3 is 17.9 Å². The lowest BCUT2D eigenvalue weighted by atomic mass is 9.70. The van der Waals surface area contributed by atoms with Gasteiger partial charge in [-0.05, 0) is 91.8 Å². The Morgan fingerprint density at radius 1 is 1.02 bits per heavy atom. The molecule has 4 heterocycles. The third kappa shape index (κ3) is 10.0. The molecule has 0 aromatic carbocycles. The van der Waals surface area contributed by atoms with E-state index in [0.717, 1.165) is 18.5 Å². The fourth-order valence-electron chi connectivity index (χ4n) is 9.06. The van der Waals surface area contributed by atoms with E-state index in [1.54, 1.807) is 27.0 Å². The second-order valence-electron chi connectivity index (χ2n) is 16.6. The summed E-state index contributed by atoms with van der Waals surface area (Å²) in [6.45, 7) is 15.4. The summed E-state index contributed by atoms with van der Waals surface area (Å²) in [5.41, 5.74) is -1.67. The summed E-state index contributed by atoms with van der Waals surface area (Å²) in [5, 5.41) is -0.701. The number of carbonyl (C=O) groups excluding carboxylic acids is 5. The number of cyclic esters (lactones) is 1. The van der Waals surface area contributed by atoms with Crippen molar-refractivity contribution >= 4 is 41.2 Å². The first-order valence-corrected chi connectivity index (χ1v) is 21.1. The molecule has 1 aromatic heterocycles. The summed E-state index contributed by atoms with van der Waals surface area (Å²) in [4.78, 5) is 75.6. The first-order chi connectivity index (χ1) is 26.3. The number of Topliss-reactive ketones (excluding diaryl/α,β-unsaturated/α-hetero) is 2. The Balaban J connectivity index is 1.74. The molecule has 14 heteroatoms. The maximum absolute atomic E-state index is 14.7. The third-order valence-electron chi connectivity index (χ3n) is 12.2. The topological polar surface area (TPSA) is 157 Å². The lowest BCUT2D eigenvalue weighted by molar-refractivity contribution is -0.298. The number of ether oxygens (including phenoxy) is 6. The first kappa shape index (κ1) is 45.8. The molecule has 0 amide bonds. The Bertz CT molecular complexity index is 1550. The van der Waals surface area contributed by atoms with E-state index >= 15 is 0 Å². The molecule has 0 N–H and O–H groups in total. The number of nitrogens with zero attached hydrogens (tertiary/aromatic N) is 2. The Kier molecular flexibility index (Phi) is 15.7. The molecular weight excluding hydrogens is 741 g/mol. The molecule has 14 atom stereocenters. The van der Waals surface area contributed by atoms with Gasteiger partial charge in [-0.25, -0.2) is 0 Å². The van der Waals surface area contributed by atoms with Gasteiger partial charge in [0.1, 0.15) is 23.1 Å². The van der Waals surface area contributed by atoms with Crippen molar-refractivity contribution in [2.45, 2.75) is 148 Å². The molecule has 4 rings (SSSR count). The lowest BCUT2D eigenvalue weighted by Crippen LogP contribution is -2.60. The van der Waals surface area contributed by atoms with E-state index in [2.05, 4.69) is 4.98 Å². The molecule has 0 radical (unpaired) electrons. The van der Waals surface area contributed by atoms with Gasteiger partial charge in [-0.1, -0.05) is 33.8 Å². The number of methoxy groups -OCH3 is 1. The minimum Gasteiger partial charge on any atom is -0.458 e. The Labute approximate surface area is 337 Å². The molecule has 3 fully saturated rings. The predicted molar refractivity (Wildman–Crippen MR) is 211 cm³/mol. The number of rotatable bonds is 11. The highest BCUT2D eigenvalue weighted by atomic mass is 32.2. The molecule has 0 saturated carbocycles. The minimum absolute atomic E-state index is 0.126. The number of aryl methyl sites for hydroxylation is 1. The predicted octanol–water partition coefficient (Wildman–Crippen LogP) is 5.24. The molecule has 0 bridgehead atoms. The van der Waals surface area contributed by atoms with Crippen molar-refractivity contribution in [2.75, 3.05) is 27.0 Å². The molecular formula is C42H64N2O11S. The van der Waals surface area contributed by atoms with Crippen molar-refractivity contribution < 1.29 is 52.4 Å². The number of hydrogen-bond acceptors (Lipinski definition) is 14. The number of pyridine rings is 1. The summed E-state index contributed by atoms with van der Waals surface area (Å²) >= 11 is 1.45. The van der Waals surface area contributed by atoms with Crippen LogP contribution in [0.3, 0.4) is 0 Å². The van der Waals surface area contributed by atoms with Gasteiger partial charge in [0.25, 0.3) is 0 Å². The van der Waals surface area contributed by atoms with Crippen LogP contribution < -0.4 is 0 Å². The number of likely N-dealkylation sites (N-methyl/N-ethyl adjacent to an activating group) is 1. The van der Waals surface area contributed by atoms with Crippen LogP contribution in [0.25, 0.3) is 0 Å². The zero-order valence-corrected chi connectivity index (χ0v) is 36.1. The minimum atomic E-state index is -1.34. The molecule has 314 valence electrons. The first-order valence-electron chi connectivity index (χ1n) is 20.0. The van der Waals surface area contributed by atoms with Gasteiger partial charge in [0.15, 0.2) is 23.8 Å². The summed E-state index contributed by atoms with van der Waals surface area (Å²) in [6.07, 6.45) is -0.0256. The molecule has 3 saturated heterocycles. The van der Waals surface area contributed by atoms with E-state index in [1.807, 2.05) is 64.9 Å². The normalized spacial score (nSPS) is 38.7. The van der Waals surface area contributed by atoms with Gasteiger partial charge in [0.2, 0.25) is 0 Å². The van der Waals surface area contributed by atoms with Gasteiger partial charge in [-0.2, -0.15) is 0 Å². The van der Waals surface area contributed by atoms with Gasteiger partial charge < -0.3 is 33.3 Å². The highest BCUT2D eigenvalue weighted by molar-refractivity contribution is 8.00. The fraction of sp³-hybridized carbons (Fsp3) is 0.762. The van der Waals surface area contributed by atoms with E-state index in [1.165, 1.54) is 32.7 Å². The van der Waals surface area contributed by atoms with Crippen molar-refractivity contribution in [1.82, 2.24) is 9.88 Å². The standard InChI is InChI=1S/C42H64N2O11S/c1-13-31-42(9)32(36(39(49)55-42)56-20-16-18-29-17-14-15-19-43-29)25(4)33(46)23(2)22-41(8,50-12)37(26(5)34(47)27(6)38(48)53-31)54-40-35(52-28(7)45)30(44(10)11)21-24(3)51-40/h14-15,17,19,23-27,30-32,35-37,40H,13,16,18,20-22H2,1-12H3/t23-,24-,25-,26+,27-,30+,31-,32+,35-,36+,37-,40+,41-,42-/m1/s1. The number of hydrogen-bond donors (Lipinski definition) is 0. The third-order valence-corrected chi connectivity index (χ3v) is 13.5.